The Labute approximate surface area is 157 Å². The topological polar surface area (TPSA) is 75.6 Å². The second-order valence-corrected chi connectivity index (χ2v) is 8.18. The summed E-state index contributed by atoms with van der Waals surface area (Å²) in [5, 5.41) is 14.0. The van der Waals surface area contributed by atoms with Crippen LogP contribution < -0.4 is 5.32 Å². The monoisotopic (exact) mass is 363 g/mol. The van der Waals surface area contributed by atoms with Gasteiger partial charge in [-0.25, -0.2) is 0 Å². The lowest BCUT2D eigenvalue weighted by molar-refractivity contribution is -0.142. The number of rotatable bonds is 0. The molecule has 2 aromatic rings. The second-order valence-electron chi connectivity index (χ2n) is 8.18. The molecule has 27 heavy (non-hydrogen) atoms. The van der Waals surface area contributed by atoms with Crippen LogP contribution >= 0.6 is 0 Å². The third-order valence-electron chi connectivity index (χ3n) is 6.22. The molecule has 5 heteroatoms. The molecule has 5 nitrogen and oxygen atoms in total. The summed E-state index contributed by atoms with van der Waals surface area (Å²) in [5.41, 5.74) is 3.54. The third-order valence-corrected chi connectivity index (χ3v) is 6.22. The van der Waals surface area contributed by atoms with E-state index in [0.717, 1.165) is 11.1 Å². The van der Waals surface area contributed by atoms with Crippen molar-refractivity contribution < 1.29 is 19.4 Å². The molecule has 2 aliphatic heterocycles. The number of aliphatic hydroxyl groups excluding tert-OH is 1. The molecule has 0 amide bonds. The Morgan fingerprint density at radius 1 is 1.11 bits per heavy atom. The summed E-state index contributed by atoms with van der Waals surface area (Å²) in [6.07, 6.45) is -0.617. The molecular weight excluding hydrogens is 342 g/mol. The first kappa shape index (κ1) is 16.7. The van der Waals surface area contributed by atoms with Crippen LogP contribution in [0.15, 0.2) is 30.3 Å². The maximum absolute atomic E-state index is 13.3. The molecule has 3 aliphatic rings. The van der Waals surface area contributed by atoms with Crippen LogP contribution in [0.1, 0.15) is 69.3 Å². The minimum absolute atomic E-state index is 0.136. The minimum atomic E-state index is -0.706. The lowest BCUT2D eigenvalue weighted by Crippen LogP contribution is -2.59. The highest BCUT2D eigenvalue weighted by Crippen LogP contribution is 2.49. The Morgan fingerprint density at radius 2 is 1.85 bits per heavy atom. The summed E-state index contributed by atoms with van der Waals surface area (Å²) in [4.78, 5) is 26.4. The van der Waals surface area contributed by atoms with E-state index in [1.54, 1.807) is 18.2 Å². The van der Waals surface area contributed by atoms with Gasteiger partial charge in [0.25, 0.3) is 0 Å². The van der Waals surface area contributed by atoms with E-state index in [9.17, 15) is 14.7 Å². The first-order chi connectivity index (χ1) is 12.8. The lowest BCUT2D eigenvalue weighted by Gasteiger charge is -2.51. The molecule has 0 aromatic heterocycles. The van der Waals surface area contributed by atoms with E-state index < -0.39 is 11.6 Å². The molecule has 1 saturated heterocycles. The quantitative estimate of drug-likeness (QED) is 0.642. The maximum atomic E-state index is 13.3. The zero-order chi connectivity index (χ0) is 19.1. The van der Waals surface area contributed by atoms with E-state index in [1.165, 1.54) is 0 Å². The number of carbonyl (C=O) groups excluding carboxylic acids is 2. The second kappa shape index (κ2) is 5.27. The van der Waals surface area contributed by atoms with Crippen molar-refractivity contribution in [2.45, 2.75) is 51.0 Å². The normalized spacial score (nSPS) is 30.9. The van der Waals surface area contributed by atoms with Crippen LogP contribution in [0.25, 0.3) is 0 Å². The van der Waals surface area contributed by atoms with Crippen molar-refractivity contribution >= 4 is 17.3 Å². The van der Waals surface area contributed by atoms with E-state index in [-0.39, 0.29) is 23.8 Å². The van der Waals surface area contributed by atoms with Crippen molar-refractivity contribution in [3.8, 4) is 0 Å². The Morgan fingerprint density at radius 3 is 2.63 bits per heavy atom. The first-order valence-electron chi connectivity index (χ1n) is 9.29. The number of hydrogen-bond acceptors (Lipinski definition) is 5. The first-order valence-corrected chi connectivity index (χ1v) is 9.29. The number of nitrogens with one attached hydrogen (secondary N) is 1. The van der Waals surface area contributed by atoms with Crippen LogP contribution in [-0.2, 0) is 4.74 Å². The van der Waals surface area contributed by atoms with Gasteiger partial charge in [0.1, 0.15) is 6.10 Å². The number of benzene rings is 2. The zero-order valence-electron chi connectivity index (χ0n) is 15.5. The van der Waals surface area contributed by atoms with Gasteiger partial charge in [-0.3, -0.25) is 9.59 Å². The summed E-state index contributed by atoms with van der Waals surface area (Å²) >= 11 is 0. The fraction of sp³-hybridized carbons (Fsp3) is 0.364. The van der Waals surface area contributed by atoms with Crippen molar-refractivity contribution in [1.82, 2.24) is 0 Å². The lowest BCUT2D eigenvalue weighted by atomic mass is 9.74. The average molecular weight is 363 g/mol. The molecule has 0 saturated carbocycles. The van der Waals surface area contributed by atoms with Gasteiger partial charge in [-0.1, -0.05) is 23.8 Å². The number of carbonyl (C=O) groups is 2. The molecule has 2 heterocycles. The number of aliphatic hydroxyl groups is 1. The zero-order valence-corrected chi connectivity index (χ0v) is 15.5. The maximum Gasteiger partial charge on any atom is 0.196 e. The minimum Gasteiger partial charge on any atom is -0.388 e. The molecule has 0 unspecified atom stereocenters. The van der Waals surface area contributed by atoms with Crippen molar-refractivity contribution in [3.05, 3.63) is 63.7 Å². The summed E-state index contributed by atoms with van der Waals surface area (Å²) in [7, 11) is 0. The van der Waals surface area contributed by atoms with Crippen LogP contribution in [0, 0.1) is 6.92 Å². The highest BCUT2D eigenvalue weighted by molar-refractivity contribution is 6.30. The van der Waals surface area contributed by atoms with E-state index >= 15 is 0 Å². The van der Waals surface area contributed by atoms with Gasteiger partial charge in [-0.2, -0.15) is 0 Å². The molecule has 1 aliphatic carbocycles. The highest BCUT2D eigenvalue weighted by atomic mass is 16.5. The van der Waals surface area contributed by atoms with E-state index in [4.69, 9.17) is 4.74 Å². The number of ketones is 2. The van der Waals surface area contributed by atoms with Gasteiger partial charge in [-0.15, -0.1) is 0 Å². The van der Waals surface area contributed by atoms with Gasteiger partial charge in [0.05, 0.1) is 29.0 Å². The predicted octanol–water partition coefficient (Wildman–Crippen LogP) is 3.17. The molecule has 0 radical (unpaired) electrons. The highest BCUT2D eigenvalue weighted by Gasteiger charge is 2.50. The molecule has 1 fully saturated rings. The molecule has 0 spiro atoms. The van der Waals surface area contributed by atoms with Crippen molar-refractivity contribution in [1.29, 1.82) is 0 Å². The Balaban J connectivity index is 1.73. The standard InChI is InChI=1S/C22H21NO4/c1-10-4-5-12-15(8-10)19(24)14-7-6-13-16-9-22(3,21(26)11(2)27-16)23-18(13)17(14)20(12)25/h4-8,11,16,21,23,26H,9H2,1-3H3/t11-,16+,21-,22+/m0/s1. The predicted molar refractivity (Wildman–Crippen MR) is 100 cm³/mol. The van der Waals surface area contributed by atoms with Crippen molar-refractivity contribution in [2.75, 3.05) is 5.32 Å². The van der Waals surface area contributed by atoms with Gasteiger partial charge in [0, 0.05) is 28.7 Å². The molecule has 2 N–H and O–H groups in total. The third kappa shape index (κ3) is 2.12. The fourth-order valence-corrected chi connectivity index (χ4v) is 4.77. The number of anilines is 1. The van der Waals surface area contributed by atoms with Gasteiger partial charge >= 0.3 is 0 Å². The summed E-state index contributed by atoms with van der Waals surface area (Å²) in [6, 6.07) is 8.97. The average Bonchev–Trinajstić information content (AvgIpc) is 2.63. The summed E-state index contributed by atoms with van der Waals surface area (Å²) in [5.74, 6) is -0.293. The Kier molecular flexibility index (Phi) is 3.25. The Hall–Kier alpha value is -2.50. The number of ether oxygens (including phenoxy) is 1. The van der Waals surface area contributed by atoms with E-state index in [0.29, 0.717) is 34.4 Å². The van der Waals surface area contributed by atoms with Crippen LogP contribution in [0.5, 0.6) is 0 Å². The van der Waals surface area contributed by atoms with Crippen LogP contribution in [0.3, 0.4) is 0 Å². The molecule has 4 atom stereocenters. The van der Waals surface area contributed by atoms with Gasteiger partial charge in [-0.05, 0) is 32.9 Å². The largest absolute Gasteiger partial charge is 0.388 e. The molecule has 2 bridgehead atoms. The summed E-state index contributed by atoms with van der Waals surface area (Å²) < 4.78 is 6.01. The van der Waals surface area contributed by atoms with Gasteiger partial charge in [0.15, 0.2) is 11.6 Å². The van der Waals surface area contributed by atoms with Crippen LogP contribution in [0.2, 0.25) is 0 Å². The van der Waals surface area contributed by atoms with E-state index in [1.807, 2.05) is 32.9 Å². The molecule has 138 valence electrons. The van der Waals surface area contributed by atoms with Gasteiger partial charge < -0.3 is 15.2 Å². The van der Waals surface area contributed by atoms with Gasteiger partial charge in [0.2, 0.25) is 0 Å². The number of aryl methyl sites for hydroxylation is 1. The smallest absolute Gasteiger partial charge is 0.196 e. The molecule has 5 rings (SSSR count). The van der Waals surface area contributed by atoms with E-state index in [2.05, 4.69) is 5.32 Å². The van der Waals surface area contributed by atoms with Crippen LogP contribution in [-0.4, -0.2) is 34.4 Å². The van der Waals surface area contributed by atoms with Crippen molar-refractivity contribution in [2.24, 2.45) is 0 Å². The fourth-order valence-electron chi connectivity index (χ4n) is 4.77. The molecular formula is C22H21NO4. The Bertz CT molecular complexity index is 1030. The SMILES string of the molecule is Cc1ccc2c(c1)C(=O)c1ccc3c(c1C2=O)N[C@]1(C)C[C@H]3O[C@@H](C)[C@@H]1O. The molecule has 2 aromatic carbocycles. The van der Waals surface area contributed by atoms with Crippen molar-refractivity contribution in [3.63, 3.8) is 0 Å². The number of hydrogen-bond donors (Lipinski definition) is 2. The number of fused-ring (bicyclic) bond motifs is 7. The van der Waals surface area contributed by atoms with Crippen LogP contribution in [0.4, 0.5) is 5.69 Å². The summed E-state index contributed by atoms with van der Waals surface area (Å²) in [6.45, 7) is 5.70.